The predicted molar refractivity (Wildman–Crippen MR) is 188 cm³/mol. The third kappa shape index (κ3) is 22.2. The molecule has 2 rings (SSSR count). The Morgan fingerprint density at radius 2 is 1.13 bits per heavy atom. The number of carbonyl (C=O) groups excluding carboxylic acids is 4. The summed E-state index contributed by atoms with van der Waals surface area (Å²) in [5.41, 5.74) is 1.17. The van der Waals surface area contributed by atoms with Crippen LogP contribution >= 0.6 is 21.6 Å². The summed E-state index contributed by atoms with van der Waals surface area (Å²) in [6.45, 7) is 18.9. The van der Waals surface area contributed by atoms with E-state index in [4.69, 9.17) is 4.74 Å². The van der Waals surface area contributed by atoms with Crippen molar-refractivity contribution in [3.8, 4) is 0 Å². The lowest BCUT2D eigenvalue weighted by molar-refractivity contribution is -0.159. The van der Waals surface area contributed by atoms with Crippen LogP contribution in [0.5, 0.6) is 0 Å². The third-order valence-electron chi connectivity index (χ3n) is 5.54. The molecule has 0 aliphatic carbocycles. The zero-order valence-corrected chi connectivity index (χ0v) is 30.3. The molecule has 0 aliphatic rings. The number of benzene rings is 2. The number of nitrogens with zero attached hydrogens (tertiary/aromatic N) is 2. The molecule has 0 bridgehead atoms. The molecule has 8 nitrogen and oxygen atoms in total. The number of carbonyl (C=O) groups is 4. The van der Waals surface area contributed by atoms with Crippen molar-refractivity contribution in [2.75, 3.05) is 24.6 Å². The first-order valence-electron chi connectivity index (χ1n) is 15.4. The number of hydrogen-bond acceptors (Lipinski definition) is 8. The zero-order chi connectivity index (χ0) is 34.3. The van der Waals surface area contributed by atoms with Crippen molar-refractivity contribution in [3.05, 3.63) is 71.8 Å². The second-order valence-corrected chi connectivity index (χ2v) is 14.4. The van der Waals surface area contributed by atoms with Crippen LogP contribution in [0.25, 0.3) is 0 Å². The maximum atomic E-state index is 12.9. The van der Waals surface area contributed by atoms with Gasteiger partial charge in [0.1, 0.15) is 17.7 Å². The van der Waals surface area contributed by atoms with E-state index in [0.717, 1.165) is 11.1 Å². The van der Waals surface area contributed by atoms with Crippen LogP contribution in [0, 0.1) is 0 Å². The average molecular weight is 663 g/mol. The molecular weight excluding hydrogens is 609 g/mol. The van der Waals surface area contributed by atoms with Gasteiger partial charge in [-0.25, -0.2) is 0 Å². The normalized spacial score (nSPS) is 10.7. The molecule has 0 fully saturated rings. The topological polar surface area (TPSA) is 93.2 Å². The molecular formula is C35H54N2O6S2. The van der Waals surface area contributed by atoms with Crippen molar-refractivity contribution in [3.63, 3.8) is 0 Å². The first-order chi connectivity index (χ1) is 21.2. The Hall–Kier alpha value is -2.98. The molecule has 2 aromatic carbocycles. The molecule has 0 N–H and O–H groups in total. The summed E-state index contributed by atoms with van der Waals surface area (Å²) in [5, 5.41) is 0. The molecule has 0 aromatic heterocycles. The van der Waals surface area contributed by atoms with Crippen molar-refractivity contribution >= 4 is 45.8 Å². The van der Waals surface area contributed by atoms with Gasteiger partial charge in [-0.05, 0) is 59.6 Å². The van der Waals surface area contributed by atoms with Crippen LogP contribution in [0.1, 0.15) is 86.3 Å². The number of esters is 1. The van der Waals surface area contributed by atoms with Crippen LogP contribution in [-0.4, -0.2) is 69.9 Å². The maximum Gasteiger partial charge on any atom is 0.326 e. The largest absolute Gasteiger partial charge is 0.462 e. The van der Waals surface area contributed by atoms with Crippen LogP contribution in [-0.2, 0) is 41.7 Å². The lowest BCUT2D eigenvalue weighted by Gasteiger charge is -2.25. The fraction of sp³-hybridized carbons (Fsp3) is 0.543. The van der Waals surface area contributed by atoms with Crippen molar-refractivity contribution in [2.24, 2.45) is 0 Å². The Balaban J connectivity index is 0.00000189. The highest BCUT2D eigenvalue weighted by molar-refractivity contribution is 8.76. The SMILES string of the molecule is CC.CC(C)(C)OC=O.CCN(Cc1ccccc1)C(=O)CCSSCCC(=O)N(CC(=O)OC(C)(C)C)Cc1ccccc1. The minimum atomic E-state index is -0.600. The van der Waals surface area contributed by atoms with E-state index in [1.165, 1.54) is 0 Å². The van der Waals surface area contributed by atoms with Crippen LogP contribution in [0.15, 0.2) is 60.7 Å². The molecule has 0 saturated carbocycles. The lowest BCUT2D eigenvalue weighted by atomic mass is 10.2. The summed E-state index contributed by atoms with van der Waals surface area (Å²) in [5.74, 6) is 0.932. The molecule has 2 aromatic rings. The van der Waals surface area contributed by atoms with Crippen molar-refractivity contribution in [1.29, 1.82) is 0 Å². The number of amides is 2. The minimum absolute atomic E-state index is 0.0778. The van der Waals surface area contributed by atoms with E-state index in [1.807, 2.05) is 128 Å². The monoisotopic (exact) mass is 662 g/mol. The molecule has 45 heavy (non-hydrogen) atoms. The maximum absolute atomic E-state index is 12.9. The van der Waals surface area contributed by atoms with E-state index in [1.54, 1.807) is 26.5 Å². The molecule has 2 amide bonds. The van der Waals surface area contributed by atoms with E-state index in [2.05, 4.69) is 4.74 Å². The van der Waals surface area contributed by atoms with Crippen molar-refractivity contribution in [1.82, 2.24) is 9.80 Å². The van der Waals surface area contributed by atoms with E-state index < -0.39 is 11.6 Å². The molecule has 0 atom stereocenters. The Morgan fingerprint density at radius 1 is 0.711 bits per heavy atom. The van der Waals surface area contributed by atoms with Crippen LogP contribution in [0.2, 0.25) is 0 Å². The van der Waals surface area contributed by atoms with Gasteiger partial charge in [0.05, 0.1) is 0 Å². The van der Waals surface area contributed by atoms with Gasteiger partial charge in [-0.2, -0.15) is 0 Å². The Kier molecular flexibility index (Phi) is 21.8. The molecule has 0 aliphatic heterocycles. The lowest BCUT2D eigenvalue weighted by Crippen LogP contribution is -2.38. The van der Waals surface area contributed by atoms with E-state index in [9.17, 15) is 19.2 Å². The summed E-state index contributed by atoms with van der Waals surface area (Å²) in [7, 11) is 3.18. The summed E-state index contributed by atoms with van der Waals surface area (Å²) in [6, 6.07) is 19.6. The molecule has 10 heteroatoms. The van der Waals surface area contributed by atoms with Gasteiger partial charge in [0.15, 0.2) is 0 Å². The quantitative estimate of drug-likeness (QED) is 0.0836. The van der Waals surface area contributed by atoms with Gasteiger partial charge in [-0.3, -0.25) is 19.2 Å². The summed E-state index contributed by atoms with van der Waals surface area (Å²) >= 11 is 0. The first-order valence-corrected chi connectivity index (χ1v) is 17.9. The van der Waals surface area contributed by atoms with E-state index >= 15 is 0 Å². The van der Waals surface area contributed by atoms with Crippen molar-refractivity contribution < 1.29 is 28.7 Å². The fourth-order valence-electron chi connectivity index (χ4n) is 3.58. The van der Waals surface area contributed by atoms with Gasteiger partial charge >= 0.3 is 5.97 Å². The highest BCUT2D eigenvalue weighted by Gasteiger charge is 2.22. The van der Waals surface area contributed by atoms with E-state index in [0.29, 0.717) is 50.5 Å². The first kappa shape index (κ1) is 42.0. The van der Waals surface area contributed by atoms with Crippen LogP contribution < -0.4 is 0 Å². The van der Waals surface area contributed by atoms with Gasteiger partial charge in [-0.15, -0.1) is 0 Å². The standard InChI is InChI=1S/C28H38N2O4S2.C5H10O2.C2H6/c1-5-29(20-23-12-8-6-9-13-23)25(31)16-18-35-36-19-17-26(32)30(21-24-14-10-7-11-15-24)22-27(33)34-28(2,3)4;1-5(2,3)7-4-6;1-2/h6-15H,5,16-22H2,1-4H3;4H,1-3H3;1-2H3. The minimum Gasteiger partial charge on any atom is -0.462 e. The number of rotatable bonds is 15. The molecule has 0 saturated heterocycles. The van der Waals surface area contributed by atoms with Crippen LogP contribution in [0.4, 0.5) is 0 Å². The zero-order valence-electron chi connectivity index (χ0n) is 28.7. The average Bonchev–Trinajstić information content (AvgIpc) is 2.98. The predicted octanol–water partition coefficient (Wildman–Crippen LogP) is 7.55. The number of hydrogen-bond donors (Lipinski definition) is 0. The molecule has 0 radical (unpaired) electrons. The van der Waals surface area contributed by atoms with Gasteiger partial charge in [-0.1, -0.05) is 96.1 Å². The second kappa shape index (κ2) is 23.4. The van der Waals surface area contributed by atoms with Gasteiger partial charge in [0.2, 0.25) is 11.8 Å². The van der Waals surface area contributed by atoms with Gasteiger partial charge in [0, 0.05) is 44.0 Å². The van der Waals surface area contributed by atoms with Crippen molar-refractivity contribution in [2.45, 2.75) is 99.4 Å². The Labute approximate surface area is 279 Å². The molecule has 0 unspecified atom stereocenters. The highest BCUT2D eigenvalue weighted by Crippen LogP contribution is 2.24. The highest BCUT2D eigenvalue weighted by atomic mass is 33.1. The second-order valence-electron chi connectivity index (χ2n) is 11.7. The van der Waals surface area contributed by atoms with Gasteiger partial charge < -0.3 is 19.3 Å². The summed E-state index contributed by atoms with van der Waals surface area (Å²) in [4.78, 5) is 50.9. The third-order valence-corrected chi connectivity index (χ3v) is 7.95. The fourth-order valence-corrected chi connectivity index (χ4v) is 5.54. The smallest absolute Gasteiger partial charge is 0.326 e. The molecule has 0 heterocycles. The number of ether oxygens (including phenoxy) is 2. The molecule has 0 spiro atoms. The Morgan fingerprint density at radius 3 is 1.49 bits per heavy atom. The van der Waals surface area contributed by atoms with Gasteiger partial charge in [0.25, 0.3) is 6.47 Å². The summed E-state index contributed by atoms with van der Waals surface area (Å²) in [6.07, 6.45) is 0.779. The van der Waals surface area contributed by atoms with Crippen LogP contribution in [0.3, 0.4) is 0 Å². The summed E-state index contributed by atoms with van der Waals surface area (Å²) < 4.78 is 9.97. The Bertz CT molecular complexity index is 1100. The van der Waals surface area contributed by atoms with E-state index in [-0.39, 0.29) is 24.0 Å². The molecule has 252 valence electrons.